The average Bonchev–Trinajstić information content (AvgIpc) is 2.48. The van der Waals surface area contributed by atoms with Gasteiger partial charge in [0.05, 0.1) is 17.9 Å². The average molecular weight is 195 g/mol. The standard InChI is InChI=1S/C9H13N3O2/c1-6-9(11-3-2-10-6)12-4-7(13)8(14)5-12/h2-3,7-8,13-14H,4-5H2,1H3. The summed E-state index contributed by atoms with van der Waals surface area (Å²) in [5, 5.41) is 18.8. The van der Waals surface area contributed by atoms with Crippen LogP contribution in [0.1, 0.15) is 5.69 Å². The first-order chi connectivity index (χ1) is 6.68. The summed E-state index contributed by atoms with van der Waals surface area (Å²) >= 11 is 0. The van der Waals surface area contributed by atoms with E-state index in [2.05, 4.69) is 9.97 Å². The summed E-state index contributed by atoms with van der Waals surface area (Å²) in [7, 11) is 0. The van der Waals surface area contributed by atoms with Crippen molar-refractivity contribution >= 4 is 5.82 Å². The van der Waals surface area contributed by atoms with Crippen molar-refractivity contribution in [2.75, 3.05) is 18.0 Å². The molecule has 2 atom stereocenters. The Kier molecular flexibility index (Phi) is 2.35. The molecule has 1 saturated heterocycles. The highest BCUT2D eigenvalue weighted by molar-refractivity contribution is 5.44. The zero-order valence-corrected chi connectivity index (χ0v) is 7.96. The quantitative estimate of drug-likeness (QED) is 0.621. The van der Waals surface area contributed by atoms with Crippen LogP contribution < -0.4 is 4.90 Å². The molecule has 1 aliphatic rings. The maximum atomic E-state index is 9.38. The van der Waals surface area contributed by atoms with Crippen molar-refractivity contribution in [1.29, 1.82) is 0 Å². The van der Waals surface area contributed by atoms with Gasteiger partial charge in [0.2, 0.25) is 0 Å². The lowest BCUT2D eigenvalue weighted by molar-refractivity contribution is 0.0572. The summed E-state index contributed by atoms with van der Waals surface area (Å²) in [6, 6.07) is 0. The number of aryl methyl sites for hydroxylation is 1. The van der Waals surface area contributed by atoms with E-state index in [-0.39, 0.29) is 0 Å². The molecular weight excluding hydrogens is 182 g/mol. The minimum absolute atomic E-state index is 0.417. The molecular formula is C9H13N3O2. The van der Waals surface area contributed by atoms with Gasteiger partial charge in [-0.05, 0) is 6.92 Å². The Balaban J connectivity index is 2.21. The first kappa shape index (κ1) is 9.36. The Hall–Kier alpha value is -1.20. The Morgan fingerprint density at radius 2 is 1.79 bits per heavy atom. The number of rotatable bonds is 1. The van der Waals surface area contributed by atoms with Gasteiger partial charge in [-0.2, -0.15) is 0 Å². The Labute approximate surface area is 82.0 Å². The second-order valence-corrected chi connectivity index (χ2v) is 3.51. The summed E-state index contributed by atoms with van der Waals surface area (Å²) in [5.74, 6) is 0.739. The van der Waals surface area contributed by atoms with Crippen molar-refractivity contribution in [2.45, 2.75) is 19.1 Å². The summed E-state index contributed by atoms with van der Waals surface area (Å²) in [5.41, 5.74) is 0.814. The predicted octanol–water partition coefficient (Wildman–Crippen LogP) is -0.673. The van der Waals surface area contributed by atoms with Gasteiger partial charge in [0.1, 0.15) is 5.82 Å². The molecule has 14 heavy (non-hydrogen) atoms. The molecule has 2 rings (SSSR count). The molecule has 76 valence electrons. The lowest BCUT2D eigenvalue weighted by atomic mass is 10.3. The second kappa shape index (κ2) is 3.51. The Morgan fingerprint density at radius 3 is 2.36 bits per heavy atom. The molecule has 1 fully saturated rings. The first-order valence-electron chi connectivity index (χ1n) is 4.57. The van der Waals surface area contributed by atoms with Crippen LogP contribution >= 0.6 is 0 Å². The smallest absolute Gasteiger partial charge is 0.150 e. The van der Waals surface area contributed by atoms with Crippen LogP contribution in [-0.4, -0.2) is 45.5 Å². The van der Waals surface area contributed by atoms with Crippen molar-refractivity contribution in [3.63, 3.8) is 0 Å². The third-order valence-corrected chi connectivity index (χ3v) is 2.41. The molecule has 0 saturated carbocycles. The Morgan fingerprint density at radius 1 is 1.21 bits per heavy atom. The number of aromatic nitrogens is 2. The van der Waals surface area contributed by atoms with Crippen LogP contribution in [0.3, 0.4) is 0 Å². The number of aliphatic hydroxyl groups is 2. The minimum Gasteiger partial charge on any atom is -0.389 e. The van der Waals surface area contributed by atoms with E-state index in [0.29, 0.717) is 13.1 Å². The zero-order chi connectivity index (χ0) is 10.1. The molecule has 1 aliphatic heterocycles. The van der Waals surface area contributed by atoms with E-state index < -0.39 is 12.2 Å². The van der Waals surface area contributed by atoms with Crippen molar-refractivity contribution in [2.24, 2.45) is 0 Å². The molecule has 0 spiro atoms. The zero-order valence-electron chi connectivity index (χ0n) is 7.96. The van der Waals surface area contributed by atoms with Crippen LogP contribution in [0.2, 0.25) is 0 Å². The third-order valence-electron chi connectivity index (χ3n) is 2.41. The van der Waals surface area contributed by atoms with Crippen LogP contribution in [-0.2, 0) is 0 Å². The van der Waals surface area contributed by atoms with E-state index in [4.69, 9.17) is 0 Å². The van der Waals surface area contributed by atoms with E-state index in [9.17, 15) is 10.2 Å². The molecule has 0 bridgehead atoms. The summed E-state index contributed by atoms with van der Waals surface area (Å²) in [4.78, 5) is 10.1. The molecule has 1 aromatic heterocycles. The molecule has 2 heterocycles. The van der Waals surface area contributed by atoms with Crippen molar-refractivity contribution in [3.05, 3.63) is 18.1 Å². The third kappa shape index (κ3) is 1.56. The van der Waals surface area contributed by atoms with Gasteiger partial charge in [-0.25, -0.2) is 4.98 Å². The van der Waals surface area contributed by atoms with E-state index >= 15 is 0 Å². The highest BCUT2D eigenvalue weighted by atomic mass is 16.3. The number of β-amino-alcohol motifs (C(OH)–C–C–N with tert-alkyl or cyclic N) is 2. The molecule has 0 aromatic carbocycles. The number of hydrogen-bond acceptors (Lipinski definition) is 5. The van der Waals surface area contributed by atoms with Gasteiger partial charge >= 0.3 is 0 Å². The summed E-state index contributed by atoms with van der Waals surface area (Å²) in [6.45, 7) is 2.70. The van der Waals surface area contributed by atoms with Crippen LogP contribution in [0.4, 0.5) is 5.82 Å². The van der Waals surface area contributed by atoms with Gasteiger partial charge in [-0.3, -0.25) is 4.98 Å². The van der Waals surface area contributed by atoms with E-state index in [0.717, 1.165) is 11.5 Å². The normalized spacial score (nSPS) is 26.9. The molecule has 2 unspecified atom stereocenters. The minimum atomic E-state index is -0.684. The number of hydrogen-bond donors (Lipinski definition) is 2. The summed E-state index contributed by atoms with van der Waals surface area (Å²) in [6.07, 6.45) is 1.87. The fraction of sp³-hybridized carbons (Fsp3) is 0.556. The van der Waals surface area contributed by atoms with Crippen molar-refractivity contribution in [1.82, 2.24) is 9.97 Å². The number of anilines is 1. The molecule has 5 heteroatoms. The van der Waals surface area contributed by atoms with Crippen LogP contribution in [0, 0.1) is 6.92 Å². The van der Waals surface area contributed by atoms with E-state index in [1.54, 1.807) is 12.4 Å². The predicted molar refractivity (Wildman–Crippen MR) is 51.0 cm³/mol. The van der Waals surface area contributed by atoms with Gasteiger partial charge < -0.3 is 15.1 Å². The second-order valence-electron chi connectivity index (χ2n) is 3.51. The first-order valence-corrected chi connectivity index (χ1v) is 4.57. The van der Waals surface area contributed by atoms with E-state index in [1.807, 2.05) is 11.8 Å². The van der Waals surface area contributed by atoms with Gasteiger partial charge in [0, 0.05) is 25.5 Å². The topological polar surface area (TPSA) is 69.5 Å². The molecule has 1 aromatic rings. The Bertz CT molecular complexity index is 322. The van der Waals surface area contributed by atoms with Gasteiger partial charge in [-0.1, -0.05) is 0 Å². The lowest BCUT2D eigenvalue weighted by Crippen LogP contribution is -2.23. The monoisotopic (exact) mass is 195 g/mol. The van der Waals surface area contributed by atoms with Crippen LogP contribution in [0.25, 0.3) is 0 Å². The SMILES string of the molecule is Cc1nccnc1N1CC(O)C(O)C1. The van der Waals surface area contributed by atoms with Gasteiger partial charge in [0.25, 0.3) is 0 Å². The maximum Gasteiger partial charge on any atom is 0.150 e. The molecule has 5 nitrogen and oxygen atoms in total. The number of nitrogens with zero attached hydrogens (tertiary/aromatic N) is 3. The van der Waals surface area contributed by atoms with Gasteiger partial charge in [-0.15, -0.1) is 0 Å². The fourth-order valence-electron chi connectivity index (χ4n) is 1.65. The molecule has 0 amide bonds. The maximum absolute atomic E-state index is 9.38. The largest absolute Gasteiger partial charge is 0.389 e. The molecule has 0 radical (unpaired) electrons. The number of aliphatic hydroxyl groups excluding tert-OH is 2. The van der Waals surface area contributed by atoms with Gasteiger partial charge in [0.15, 0.2) is 0 Å². The summed E-state index contributed by atoms with van der Waals surface area (Å²) < 4.78 is 0. The van der Waals surface area contributed by atoms with Crippen molar-refractivity contribution < 1.29 is 10.2 Å². The highest BCUT2D eigenvalue weighted by Gasteiger charge is 2.30. The van der Waals surface area contributed by atoms with Crippen molar-refractivity contribution in [3.8, 4) is 0 Å². The van der Waals surface area contributed by atoms with Crippen LogP contribution in [0.5, 0.6) is 0 Å². The molecule has 0 aliphatic carbocycles. The fourth-order valence-corrected chi connectivity index (χ4v) is 1.65. The molecule has 2 N–H and O–H groups in total. The lowest BCUT2D eigenvalue weighted by Gasteiger charge is -2.17. The highest BCUT2D eigenvalue weighted by Crippen LogP contribution is 2.19. The van der Waals surface area contributed by atoms with Crippen LogP contribution in [0.15, 0.2) is 12.4 Å². The van der Waals surface area contributed by atoms with E-state index in [1.165, 1.54) is 0 Å².